The number of fused-ring (bicyclic) bond motifs is 1. The van der Waals surface area contributed by atoms with Gasteiger partial charge in [0, 0.05) is 50.6 Å². The minimum Gasteiger partial charge on any atom is -0.377 e. The predicted molar refractivity (Wildman–Crippen MR) is 137 cm³/mol. The molecule has 9 heteroatoms. The first-order valence-electron chi connectivity index (χ1n) is 13.1. The Morgan fingerprint density at radius 2 is 1.75 bits per heavy atom. The Balaban J connectivity index is 1.42. The van der Waals surface area contributed by atoms with Crippen molar-refractivity contribution >= 4 is 23.3 Å². The van der Waals surface area contributed by atoms with Crippen molar-refractivity contribution in [2.75, 3.05) is 51.3 Å². The summed E-state index contributed by atoms with van der Waals surface area (Å²) in [7, 11) is 1.56. The highest BCUT2D eigenvalue weighted by Gasteiger charge is 2.53. The normalized spacial score (nSPS) is 25.5. The topological polar surface area (TPSA) is 91.4 Å². The number of benzene rings is 1. The first-order valence-corrected chi connectivity index (χ1v) is 13.1. The van der Waals surface area contributed by atoms with Gasteiger partial charge in [-0.1, -0.05) is 13.8 Å². The summed E-state index contributed by atoms with van der Waals surface area (Å²) < 4.78 is 11.1. The van der Waals surface area contributed by atoms with Crippen LogP contribution in [0.1, 0.15) is 44.5 Å². The number of hydrogen-bond donors (Lipinski definition) is 1. The maximum atomic E-state index is 13.6. The summed E-state index contributed by atoms with van der Waals surface area (Å²) in [5.74, 6) is -0.492. The molecular formula is C27H40N4O5. The van der Waals surface area contributed by atoms with Crippen LogP contribution in [0.15, 0.2) is 24.3 Å². The average molecular weight is 501 g/mol. The second kappa shape index (κ2) is 11.3. The van der Waals surface area contributed by atoms with E-state index >= 15 is 0 Å². The van der Waals surface area contributed by atoms with Crippen LogP contribution in [0, 0.1) is 5.92 Å². The predicted octanol–water partition coefficient (Wildman–Crippen LogP) is 1.56. The van der Waals surface area contributed by atoms with Crippen molar-refractivity contribution in [1.29, 1.82) is 0 Å². The molecule has 4 atom stereocenters. The molecule has 3 saturated heterocycles. The second-order valence-electron chi connectivity index (χ2n) is 10.8. The molecular weight excluding hydrogens is 460 g/mol. The number of hydrogen-bond acceptors (Lipinski definition) is 7. The van der Waals surface area contributed by atoms with Crippen molar-refractivity contribution in [3.8, 4) is 0 Å². The molecule has 0 radical (unpaired) electrons. The number of methoxy groups -OCH3 is 1. The van der Waals surface area contributed by atoms with Crippen LogP contribution < -0.4 is 10.2 Å². The molecule has 0 aliphatic carbocycles. The number of Topliss-reactive ketones (excluding diaryl/α,β-unsaturated/α-hetero) is 1. The molecule has 4 rings (SSSR count). The molecule has 1 N–H and O–H groups in total. The van der Waals surface area contributed by atoms with Crippen LogP contribution in [-0.2, 0) is 19.1 Å². The summed E-state index contributed by atoms with van der Waals surface area (Å²) in [5.41, 5.74) is 1.61. The SMILES string of the molecule is CO[C@H]1CN(C(=O)C(CC(C)C)NC(=O)c2ccc(N3CCN(C(C)C)CC3)cc2)[C@@H]2C(=O)CO[C@H]12. The molecule has 3 aliphatic heterocycles. The van der Waals surface area contributed by atoms with Gasteiger partial charge in [0.1, 0.15) is 30.9 Å². The lowest BCUT2D eigenvalue weighted by Gasteiger charge is -2.38. The van der Waals surface area contributed by atoms with Gasteiger partial charge >= 0.3 is 0 Å². The number of nitrogens with zero attached hydrogens (tertiary/aromatic N) is 3. The van der Waals surface area contributed by atoms with Gasteiger partial charge in [0.25, 0.3) is 5.91 Å². The molecule has 0 bridgehead atoms. The van der Waals surface area contributed by atoms with Crippen LogP contribution in [0.25, 0.3) is 0 Å². The molecule has 3 heterocycles. The Bertz CT molecular complexity index is 942. The van der Waals surface area contributed by atoms with Gasteiger partial charge < -0.3 is 24.6 Å². The van der Waals surface area contributed by atoms with E-state index in [4.69, 9.17) is 9.47 Å². The van der Waals surface area contributed by atoms with Gasteiger partial charge in [-0.15, -0.1) is 0 Å². The number of anilines is 1. The number of carbonyl (C=O) groups is 3. The van der Waals surface area contributed by atoms with E-state index in [1.165, 1.54) is 0 Å². The van der Waals surface area contributed by atoms with Crippen LogP contribution in [0.2, 0.25) is 0 Å². The van der Waals surface area contributed by atoms with E-state index in [0.29, 0.717) is 18.0 Å². The number of ether oxygens (including phenoxy) is 2. The fourth-order valence-corrected chi connectivity index (χ4v) is 5.50. The lowest BCUT2D eigenvalue weighted by atomic mass is 10.0. The van der Waals surface area contributed by atoms with Crippen molar-refractivity contribution in [2.45, 2.75) is 64.4 Å². The molecule has 0 aromatic heterocycles. The Labute approximate surface area is 214 Å². The van der Waals surface area contributed by atoms with Gasteiger partial charge in [-0.2, -0.15) is 0 Å². The molecule has 1 aromatic carbocycles. The second-order valence-corrected chi connectivity index (χ2v) is 10.8. The van der Waals surface area contributed by atoms with Crippen LogP contribution in [-0.4, -0.2) is 104 Å². The number of likely N-dealkylation sites (tertiary alicyclic amines) is 1. The summed E-state index contributed by atoms with van der Waals surface area (Å²) in [6.07, 6.45) is -0.323. The number of piperazine rings is 1. The van der Waals surface area contributed by atoms with Crippen molar-refractivity contribution in [3.63, 3.8) is 0 Å². The van der Waals surface area contributed by atoms with E-state index in [9.17, 15) is 14.4 Å². The monoisotopic (exact) mass is 500 g/mol. The summed E-state index contributed by atoms with van der Waals surface area (Å²) in [6, 6.07) is 6.75. The first-order chi connectivity index (χ1) is 17.2. The van der Waals surface area contributed by atoms with E-state index in [0.717, 1.165) is 31.9 Å². The van der Waals surface area contributed by atoms with Crippen LogP contribution in [0.3, 0.4) is 0 Å². The largest absolute Gasteiger partial charge is 0.377 e. The zero-order valence-corrected chi connectivity index (χ0v) is 22.1. The molecule has 198 valence electrons. The zero-order valence-electron chi connectivity index (χ0n) is 22.1. The molecule has 2 amide bonds. The van der Waals surface area contributed by atoms with Crippen LogP contribution in [0.4, 0.5) is 5.69 Å². The third-order valence-electron chi connectivity index (χ3n) is 7.57. The lowest BCUT2D eigenvalue weighted by molar-refractivity contribution is -0.138. The highest BCUT2D eigenvalue weighted by molar-refractivity contribution is 5.99. The molecule has 1 unspecified atom stereocenters. The molecule has 0 saturated carbocycles. The van der Waals surface area contributed by atoms with Gasteiger partial charge in [0.15, 0.2) is 5.78 Å². The van der Waals surface area contributed by atoms with Gasteiger partial charge in [-0.05, 0) is 50.5 Å². The molecule has 3 fully saturated rings. The number of nitrogens with one attached hydrogen (secondary N) is 1. The number of carbonyl (C=O) groups excluding carboxylic acids is 3. The van der Waals surface area contributed by atoms with Gasteiger partial charge in [-0.25, -0.2) is 0 Å². The van der Waals surface area contributed by atoms with E-state index in [-0.39, 0.29) is 42.8 Å². The third kappa shape index (κ3) is 5.58. The molecule has 9 nitrogen and oxygen atoms in total. The Morgan fingerprint density at radius 1 is 1.08 bits per heavy atom. The zero-order chi connectivity index (χ0) is 26.0. The summed E-state index contributed by atoms with van der Waals surface area (Å²) in [5, 5.41) is 2.94. The van der Waals surface area contributed by atoms with E-state index in [2.05, 4.69) is 29.0 Å². The van der Waals surface area contributed by atoms with Crippen LogP contribution in [0.5, 0.6) is 0 Å². The molecule has 3 aliphatic rings. The summed E-state index contributed by atoms with van der Waals surface area (Å²) in [6.45, 7) is 12.7. The first kappa shape index (κ1) is 26.6. The van der Waals surface area contributed by atoms with Crippen molar-refractivity contribution in [1.82, 2.24) is 15.1 Å². The maximum absolute atomic E-state index is 13.6. The maximum Gasteiger partial charge on any atom is 0.251 e. The van der Waals surface area contributed by atoms with Crippen molar-refractivity contribution < 1.29 is 23.9 Å². The highest BCUT2D eigenvalue weighted by atomic mass is 16.5. The Kier molecular flexibility index (Phi) is 8.32. The van der Waals surface area contributed by atoms with Crippen molar-refractivity contribution in [3.05, 3.63) is 29.8 Å². The van der Waals surface area contributed by atoms with Crippen molar-refractivity contribution in [2.24, 2.45) is 5.92 Å². The summed E-state index contributed by atoms with van der Waals surface area (Å²) >= 11 is 0. The highest BCUT2D eigenvalue weighted by Crippen LogP contribution is 2.30. The van der Waals surface area contributed by atoms with E-state index in [1.807, 2.05) is 38.1 Å². The Morgan fingerprint density at radius 3 is 2.33 bits per heavy atom. The smallest absolute Gasteiger partial charge is 0.251 e. The standard InChI is InChI=1S/C27H40N4O5/c1-17(2)14-21(27(34)31-15-23(35-5)25-24(31)22(32)16-36-25)28-26(33)19-6-8-20(9-7-19)30-12-10-29(11-13-30)18(3)4/h6-9,17-18,21,23-25H,10-16H2,1-5H3,(H,28,33)/t21?,23-,24+,25+/m0/s1. The quantitative estimate of drug-likeness (QED) is 0.579. The number of amides is 2. The Hall–Kier alpha value is -2.49. The molecule has 1 aromatic rings. The molecule has 36 heavy (non-hydrogen) atoms. The van der Waals surface area contributed by atoms with E-state index < -0.39 is 18.2 Å². The van der Waals surface area contributed by atoms with Gasteiger partial charge in [0.2, 0.25) is 5.91 Å². The summed E-state index contributed by atoms with van der Waals surface area (Å²) in [4.78, 5) is 45.5. The van der Waals surface area contributed by atoms with Gasteiger partial charge in [-0.3, -0.25) is 19.3 Å². The number of rotatable bonds is 8. The number of ketones is 1. The third-order valence-corrected chi connectivity index (χ3v) is 7.57. The fourth-order valence-electron chi connectivity index (χ4n) is 5.50. The minimum atomic E-state index is -0.731. The molecule has 0 spiro atoms. The fraction of sp³-hybridized carbons (Fsp3) is 0.667. The lowest BCUT2D eigenvalue weighted by Crippen LogP contribution is -2.52. The van der Waals surface area contributed by atoms with Gasteiger partial charge in [0.05, 0.1) is 6.54 Å². The average Bonchev–Trinajstić information content (AvgIpc) is 3.43. The van der Waals surface area contributed by atoms with E-state index in [1.54, 1.807) is 12.0 Å². The minimum absolute atomic E-state index is 0.0148. The van der Waals surface area contributed by atoms with Crippen LogP contribution >= 0.6 is 0 Å².